The number of nitrogens with one attached hydrogen (secondary N) is 1. The first kappa shape index (κ1) is 16.3. The van der Waals surface area contributed by atoms with Crippen LogP contribution in [0.15, 0.2) is 29.2 Å². The summed E-state index contributed by atoms with van der Waals surface area (Å²) in [5.41, 5.74) is 0.775. The van der Waals surface area contributed by atoms with Crippen LogP contribution in [-0.2, 0) is 9.84 Å². The van der Waals surface area contributed by atoms with E-state index in [9.17, 15) is 8.42 Å². The number of para-hydroxylation sites is 1. The molecule has 1 aliphatic carbocycles. The largest absolute Gasteiger partial charge is 0.381 e. The van der Waals surface area contributed by atoms with Gasteiger partial charge in [-0.1, -0.05) is 45.7 Å². The molecule has 1 fully saturated rings. The molecule has 0 aliphatic heterocycles. The Kier molecular flexibility index (Phi) is 5.31. The molecule has 0 amide bonds. The quantitative estimate of drug-likeness (QED) is 0.890. The average molecular weight is 309 g/mol. The Hall–Kier alpha value is -1.03. The maximum absolute atomic E-state index is 12.2. The molecular weight excluding hydrogens is 282 g/mol. The molecule has 2 atom stereocenters. The molecule has 1 aromatic carbocycles. The van der Waals surface area contributed by atoms with Gasteiger partial charge in [-0.05, 0) is 36.8 Å². The maximum atomic E-state index is 12.2. The van der Waals surface area contributed by atoms with Crippen LogP contribution in [0.25, 0.3) is 0 Å². The summed E-state index contributed by atoms with van der Waals surface area (Å²) in [6.45, 7) is 6.22. The summed E-state index contributed by atoms with van der Waals surface area (Å²) in [7, 11) is -3.18. The summed E-state index contributed by atoms with van der Waals surface area (Å²) in [6.07, 6.45) is 4.88. The Labute approximate surface area is 129 Å². The Morgan fingerprint density at radius 2 is 1.86 bits per heavy atom. The van der Waals surface area contributed by atoms with Crippen molar-refractivity contribution in [2.45, 2.75) is 57.4 Å². The zero-order valence-electron chi connectivity index (χ0n) is 13.3. The molecule has 2 unspecified atom stereocenters. The molecule has 1 aliphatic rings. The van der Waals surface area contributed by atoms with Crippen LogP contribution in [0.3, 0.4) is 0 Å². The third-order valence-corrected chi connectivity index (χ3v) is 6.40. The van der Waals surface area contributed by atoms with Crippen LogP contribution < -0.4 is 5.32 Å². The van der Waals surface area contributed by atoms with Crippen molar-refractivity contribution in [3.05, 3.63) is 24.3 Å². The molecule has 4 heteroatoms. The lowest BCUT2D eigenvalue weighted by Crippen LogP contribution is -2.35. The summed E-state index contributed by atoms with van der Waals surface area (Å²) < 4.78 is 24.5. The number of sulfone groups is 1. The van der Waals surface area contributed by atoms with E-state index in [1.165, 1.54) is 19.3 Å². The highest BCUT2D eigenvalue weighted by atomic mass is 32.2. The Morgan fingerprint density at radius 3 is 2.52 bits per heavy atom. The van der Waals surface area contributed by atoms with E-state index < -0.39 is 9.84 Å². The summed E-state index contributed by atoms with van der Waals surface area (Å²) in [4.78, 5) is 0.445. The molecule has 0 heterocycles. The Bertz CT molecular complexity index is 566. The van der Waals surface area contributed by atoms with Gasteiger partial charge in [0.15, 0.2) is 9.84 Å². The molecule has 21 heavy (non-hydrogen) atoms. The predicted octanol–water partition coefficient (Wildman–Crippen LogP) is 4.11. The van der Waals surface area contributed by atoms with Crippen LogP contribution in [0, 0.1) is 11.8 Å². The van der Waals surface area contributed by atoms with Crippen molar-refractivity contribution in [3.8, 4) is 0 Å². The van der Waals surface area contributed by atoms with Gasteiger partial charge in [-0.2, -0.15) is 0 Å². The van der Waals surface area contributed by atoms with E-state index >= 15 is 0 Å². The van der Waals surface area contributed by atoms with E-state index in [1.54, 1.807) is 19.1 Å². The van der Waals surface area contributed by atoms with Crippen molar-refractivity contribution in [2.24, 2.45) is 11.8 Å². The molecule has 3 nitrogen and oxygen atoms in total. The van der Waals surface area contributed by atoms with Crippen LogP contribution in [-0.4, -0.2) is 20.2 Å². The van der Waals surface area contributed by atoms with Crippen LogP contribution in [0.4, 0.5) is 5.69 Å². The highest BCUT2D eigenvalue weighted by Crippen LogP contribution is 2.33. The monoisotopic (exact) mass is 309 g/mol. The lowest BCUT2D eigenvalue weighted by Gasteiger charge is -2.36. The summed E-state index contributed by atoms with van der Waals surface area (Å²) in [6, 6.07) is 7.70. The lowest BCUT2D eigenvalue weighted by molar-refractivity contribution is 0.253. The van der Waals surface area contributed by atoms with Gasteiger partial charge in [0.25, 0.3) is 0 Å². The molecule has 0 radical (unpaired) electrons. The number of rotatable bonds is 5. The van der Waals surface area contributed by atoms with E-state index in [4.69, 9.17) is 0 Å². The van der Waals surface area contributed by atoms with Crippen LogP contribution in [0.5, 0.6) is 0 Å². The van der Waals surface area contributed by atoms with Crippen LogP contribution >= 0.6 is 0 Å². The number of hydrogen-bond donors (Lipinski definition) is 1. The number of anilines is 1. The zero-order chi connectivity index (χ0) is 15.5. The first-order chi connectivity index (χ1) is 9.95. The topological polar surface area (TPSA) is 46.2 Å². The fourth-order valence-corrected chi connectivity index (χ4v) is 4.41. The molecule has 1 aromatic rings. The van der Waals surface area contributed by atoms with E-state index in [1.807, 2.05) is 12.1 Å². The minimum atomic E-state index is -3.18. The fraction of sp³-hybridized carbons (Fsp3) is 0.647. The second kappa shape index (κ2) is 6.82. The number of hydrogen-bond acceptors (Lipinski definition) is 3. The minimum Gasteiger partial charge on any atom is -0.381 e. The lowest BCUT2D eigenvalue weighted by atomic mass is 9.78. The van der Waals surface area contributed by atoms with E-state index in [2.05, 4.69) is 19.2 Å². The second-order valence-electron chi connectivity index (χ2n) is 6.34. The summed E-state index contributed by atoms with van der Waals surface area (Å²) >= 11 is 0. The van der Waals surface area contributed by atoms with E-state index in [0.717, 1.165) is 12.1 Å². The van der Waals surface area contributed by atoms with Gasteiger partial charge in [0.1, 0.15) is 0 Å². The van der Waals surface area contributed by atoms with Crippen molar-refractivity contribution >= 4 is 15.5 Å². The summed E-state index contributed by atoms with van der Waals surface area (Å²) in [5, 5.41) is 3.54. The third kappa shape index (κ3) is 3.79. The van der Waals surface area contributed by atoms with Crippen LogP contribution in [0.1, 0.15) is 46.5 Å². The van der Waals surface area contributed by atoms with Crippen molar-refractivity contribution in [2.75, 3.05) is 11.1 Å². The number of benzene rings is 1. The molecule has 1 saturated carbocycles. The second-order valence-corrected chi connectivity index (χ2v) is 8.59. The van der Waals surface area contributed by atoms with Crippen molar-refractivity contribution in [1.82, 2.24) is 0 Å². The molecule has 1 N–H and O–H groups in total. The van der Waals surface area contributed by atoms with E-state index in [-0.39, 0.29) is 5.75 Å². The van der Waals surface area contributed by atoms with Crippen molar-refractivity contribution in [3.63, 3.8) is 0 Å². The maximum Gasteiger partial charge on any atom is 0.180 e. The Balaban J connectivity index is 2.27. The molecule has 0 spiro atoms. The highest BCUT2D eigenvalue weighted by Gasteiger charge is 2.28. The van der Waals surface area contributed by atoms with Gasteiger partial charge in [0, 0.05) is 6.04 Å². The molecular formula is C17H27NO2S. The van der Waals surface area contributed by atoms with Gasteiger partial charge in [0.2, 0.25) is 0 Å². The van der Waals surface area contributed by atoms with Gasteiger partial charge in [-0.3, -0.25) is 0 Å². The average Bonchev–Trinajstić information content (AvgIpc) is 2.48. The smallest absolute Gasteiger partial charge is 0.180 e. The molecule has 0 bridgehead atoms. The molecule has 0 aromatic heterocycles. The minimum absolute atomic E-state index is 0.143. The third-order valence-electron chi connectivity index (χ3n) is 4.62. The fourth-order valence-electron chi connectivity index (χ4n) is 3.35. The SMILES string of the molecule is CCS(=O)(=O)c1ccccc1NC1CCCCC1C(C)C. The van der Waals surface area contributed by atoms with Crippen molar-refractivity contribution in [1.29, 1.82) is 0 Å². The molecule has 0 saturated heterocycles. The van der Waals surface area contributed by atoms with Gasteiger partial charge in [0.05, 0.1) is 16.3 Å². The van der Waals surface area contributed by atoms with Gasteiger partial charge in [-0.15, -0.1) is 0 Å². The predicted molar refractivity (Wildman–Crippen MR) is 88.4 cm³/mol. The van der Waals surface area contributed by atoms with Gasteiger partial charge < -0.3 is 5.32 Å². The standard InChI is InChI=1S/C17H27NO2S/c1-4-21(19,20)17-12-8-7-11-16(17)18-15-10-6-5-9-14(15)13(2)3/h7-8,11-15,18H,4-6,9-10H2,1-3H3. The highest BCUT2D eigenvalue weighted by molar-refractivity contribution is 7.91. The Morgan fingerprint density at radius 1 is 1.19 bits per heavy atom. The molecule has 2 rings (SSSR count). The zero-order valence-corrected chi connectivity index (χ0v) is 14.1. The first-order valence-electron chi connectivity index (χ1n) is 8.04. The van der Waals surface area contributed by atoms with Gasteiger partial charge >= 0.3 is 0 Å². The molecule has 118 valence electrons. The van der Waals surface area contributed by atoms with Crippen molar-refractivity contribution < 1.29 is 8.42 Å². The van der Waals surface area contributed by atoms with Crippen LogP contribution in [0.2, 0.25) is 0 Å². The van der Waals surface area contributed by atoms with Gasteiger partial charge in [-0.25, -0.2) is 8.42 Å². The normalized spacial score (nSPS) is 23.2. The van der Waals surface area contributed by atoms with E-state index in [0.29, 0.717) is 22.8 Å². The first-order valence-corrected chi connectivity index (χ1v) is 9.69. The summed E-state index contributed by atoms with van der Waals surface area (Å²) in [5.74, 6) is 1.39.